The van der Waals surface area contributed by atoms with Crippen molar-refractivity contribution in [3.05, 3.63) is 86.9 Å². The van der Waals surface area contributed by atoms with Crippen LogP contribution < -0.4 is 5.32 Å². The molecule has 1 amide bonds. The van der Waals surface area contributed by atoms with E-state index in [4.69, 9.17) is 23.2 Å². The van der Waals surface area contributed by atoms with Gasteiger partial charge < -0.3 is 5.32 Å². The number of nitrogens with one attached hydrogen (secondary N) is 1. The van der Waals surface area contributed by atoms with Crippen LogP contribution in [0, 0.1) is 12.7 Å². The van der Waals surface area contributed by atoms with E-state index in [1.807, 2.05) is 24.3 Å². The topological polar surface area (TPSA) is 46.9 Å². The molecule has 7 heteroatoms. The summed E-state index contributed by atoms with van der Waals surface area (Å²) in [5.74, 6) is -0.599. The van der Waals surface area contributed by atoms with Gasteiger partial charge in [-0.15, -0.1) is 0 Å². The molecule has 0 bridgehead atoms. The van der Waals surface area contributed by atoms with Crippen molar-refractivity contribution in [3.8, 4) is 0 Å². The number of halogens is 3. The number of aryl methyl sites for hydroxylation is 1. The van der Waals surface area contributed by atoms with Crippen molar-refractivity contribution < 1.29 is 9.18 Å². The highest BCUT2D eigenvalue weighted by Crippen LogP contribution is 2.23. The predicted octanol–water partition coefficient (Wildman–Crippen LogP) is 4.66. The Morgan fingerprint density at radius 3 is 2.70 bits per heavy atom. The number of carbonyl (C=O) groups is 1. The van der Waals surface area contributed by atoms with E-state index < -0.39 is 0 Å². The minimum atomic E-state index is -0.306. The van der Waals surface area contributed by atoms with Crippen LogP contribution in [0.25, 0.3) is 0 Å². The van der Waals surface area contributed by atoms with Crippen molar-refractivity contribution in [2.75, 3.05) is 6.54 Å². The van der Waals surface area contributed by atoms with Crippen molar-refractivity contribution in [1.82, 2.24) is 15.1 Å². The molecular weight excluding hydrogens is 388 g/mol. The van der Waals surface area contributed by atoms with Crippen LogP contribution in [0.5, 0.6) is 0 Å². The molecule has 0 unspecified atom stereocenters. The largest absolute Gasteiger partial charge is 0.352 e. The standard InChI is InChI=1S/C20H18Cl2FN3O/c1-13-18(20(27)24-10-9-14-5-4-7-16(23)11-14)19(22)26(25-13)12-15-6-2-3-8-17(15)21/h2-8,11H,9-10,12H2,1H3,(H,24,27). The van der Waals surface area contributed by atoms with Crippen LogP contribution in [0.1, 0.15) is 27.2 Å². The monoisotopic (exact) mass is 405 g/mol. The molecule has 0 aliphatic rings. The molecule has 0 aliphatic heterocycles. The minimum absolute atomic E-state index is 0.260. The summed E-state index contributed by atoms with van der Waals surface area (Å²) in [5, 5.41) is 8.05. The molecule has 0 radical (unpaired) electrons. The SMILES string of the molecule is Cc1nn(Cc2ccccc2Cl)c(Cl)c1C(=O)NCCc1cccc(F)c1. The summed E-state index contributed by atoms with van der Waals surface area (Å²) in [6, 6.07) is 13.7. The molecule has 0 atom stereocenters. The Morgan fingerprint density at radius 1 is 1.19 bits per heavy atom. The average molecular weight is 406 g/mol. The van der Waals surface area contributed by atoms with Crippen molar-refractivity contribution in [1.29, 1.82) is 0 Å². The van der Waals surface area contributed by atoms with Crippen LogP contribution in [-0.2, 0) is 13.0 Å². The molecule has 0 fully saturated rings. The van der Waals surface area contributed by atoms with Crippen LogP contribution in [-0.4, -0.2) is 22.2 Å². The molecular formula is C20H18Cl2FN3O. The maximum Gasteiger partial charge on any atom is 0.256 e. The molecule has 1 N–H and O–H groups in total. The van der Waals surface area contributed by atoms with Crippen LogP contribution in [0.2, 0.25) is 10.2 Å². The molecule has 1 heterocycles. The second-order valence-corrected chi connectivity index (χ2v) is 6.90. The first-order valence-corrected chi connectivity index (χ1v) is 9.20. The van der Waals surface area contributed by atoms with Gasteiger partial charge in [0.2, 0.25) is 0 Å². The van der Waals surface area contributed by atoms with Crippen molar-refractivity contribution >= 4 is 29.1 Å². The zero-order valence-corrected chi connectivity index (χ0v) is 16.2. The average Bonchev–Trinajstić information content (AvgIpc) is 2.90. The van der Waals surface area contributed by atoms with Crippen LogP contribution in [0.3, 0.4) is 0 Å². The van der Waals surface area contributed by atoms with E-state index in [0.717, 1.165) is 11.1 Å². The Labute approximate surface area is 166 Å². The van der Waals surface area contributed by atoms with Gasteiger partial charge in [0, 0.05) is 11.6 Å². The lowest BCUT2D eigenvalue weighted by Crippen LogP contribution is -2.26. The first kappa shape index (κ1) is 19.4. The highest BCUT2D eigenvalue weighted by atomic mass is 35.5. The van der Waals surface area contributed by atoms with Gasteiger partial charge in [-0.05, 0) is 42.7 Å². The zero-order chi connectivity index (χ0) is 19.4. The van der Waals surface area contributed by atoms with Gasteiger partial charge >= 0.3 is 0 Å². The van der Waals surface area contributed by atoms with Gasteiger partial charge in [-0.25, -0.2) is 9.07 Å². The van der Waals surface area contributed by atoms with Gasteiger partial charge in [-0.3, -0.25) is 4.79 Å². The van der Waals surface area contributed by atoms with E-state index in [1.165, 1.54) is 12.1 Å². The molecule has 3 rings (SSSR count). The molecule has 0 spiro atoms. The van der Waals surface area contributed by atoms with E-state index in [-0.39, 0.29) is 16.9 Å². The summed E-state index contributed by atoms with van der Waals surface area (Å²) in [6.07, 6.45) is 0.522. The van der Waals surface area contributed by atoms with Crippen LogP contribution in [0.15, 0.2) is 48.5 Å². The third-order valence-electron chi connectivity index (χ3n) is 4.16. The highest BCUT2D eigenvalue weighted by Gasteiger charge is 2.20. The fraction of sp³-hybridized carbons (Fsp3) is 0.200. The molecule has 4 nitrogen and oxygen atoms in total. The fourth-order valence-electron chi connectivity index (χ4n) is 2.81. The molecule has 2 aromatic carbocycles. The number of hydrogen-bond donors (Lipinski definition) is 1. The summed E-state index contributed by atoms with van der Waals surface area (Å²) in [7, 11) is 0. The van der Waals surface area contributed by atoms with Gasteiger partial charge in [0.25, 0.3) is 5.91 Å². The minimum Gasteiger partial charge on any atom is -0.352 e. The maximum atomic E-state index is 13.2. The second kappa shape index (κ2) is 8.55. The summed E-state index contributed by atoms with van der Waals surface area (Å²) in [4.78, 5) is 12.5. The molecule has 0 aliphatic carbocycles. The third-order valence-corrected chi connectivity index (χ3v) is 4.91. The Kier molecular flexibility index (Phi) is 6.14. The van der Waals surface area contributed by atoms with Crippen molar-refractivity contribution in [2.24, 2.45) is 0 Å². The Hall–Kier alpha value is -2.37. The summed E-state index contributed by atoms with van der Waals surface area (Å²) < 4.78 is 14.8. The van der Waals surface area contributed by atoms with Crippen LogP contribution >= 0.6 is 23.2 Å². The van der Waals surface area contributed by atoms with Crippen molar-refractivity contribution in [3.63, 3.8) is 0 Å². The van der Waals surface area contributed by atoms with Gasteiger partial charge in [-0.2, -0.15) is 5.10 Å². The van der Waals surface area contributed by atoms with E-state index in [0.29, 0.717) is 35.8 Å². The normalized spacial score (nSPS) is 10.8. The molecule has 0 saturated heterocycles. The molecule has 3 aromatic rings. The van der Waals surface area contributed by atoms with E-state index in [9.17, 15) is 9.18 Å². The van der Waals surface area contributed by atoms with Gasteiger partial charge in [0.1, 0.15) is 11.0 Å². The number of amides is 1. The number of aromatic nitrogens is 2. The highest BCUT2D eigenvalue weighted by molar-refractivity contribution is 6.33. The number of nitrogens with zero attached hydrogens (tertiary/aromatic N) is 2. The lowest BCUT2D eigenvalue weighted by Gasteiger charge is -2.07. The Morgan fingerprint density at radius 2 is 1.96 bits per heavy atom. The smallest absolute Gasteiger partial charge is 0.256 e. The summed E-state index contributed by atoms with van der Waals surface area (Å²) >= 11 is 12.6. The number of carbonyl (C=O) groups excluding carboxylic acids is 1. The molecule has 27 heavy (non-hydrogen) atoms. The number of rotatable bonds is 6. The van der Waals surface area contributed by atoms with Gasteiger partial charge in [0.05, 0.1) is 17.8 Å². The van der Waals surface area contributed by atoms with Gasteiger partial charge in [0.15, 0.2) is 0 Å². The summed E-state index contributed by atoms with van der Waals surface area (Å²) in [6.45, 7) is 2.47. The van der Waals surface area contributed by atoms with E-state index in [1.54, 1.807) is 23.7 Å². The predicted molar refractivity (Wildman–Crippen MR) is 105 cm³/mol. The fourth-order valence-corrected chi connectivity index (χ4v) is 3.32. The summed E-state index contributed by atoms with van der Waals surface area (Å²) in [5.41, 5.74) is 2.55. The molecule has 0 saturated carbocycles. The maximum absolute atomic E-state index is 13.2. The van der Waals surface area contributed by atoms with Gasteiger partial charge in [-0.1, -0.05) is 53.5 Å². The Bertz CT molecular complexity index is 972. The third kappa shape index (κ3) is 4.67. The first-order chi connectivity index (χ1) is 13.0. The van der Waals surface area contributed by atoms with E-state index in [2.05, 4.69) is 10.4 Å². The zero-order valence-electron chi connectivity index (χ0n) is 14.7. The van der Waals surface area contributed by atoms with E-state index >= 15 is 0 Å². The first-order valence-electron chi connectivity index (χ1n) is 8.44. The molecule has 140 valence electrons. The Balaban J connectivity index is 1.68. The lowest BCUT2D eigenvalue weighted by molar-refractivity contribution is 0.0953. The number of benzene rings is 2. The lowest BCUT2D eigenvalue weighted by atomic mass is 10.1. The van der Waals surface area contributed by atoms with Crippen LogP contribution in [0.4, 0.5) is 4.39 Å². The second-order valence-electron chi connectivity index (χ2n) is 6.14. The van der Waals surface area contributed by atoms with Crippen molar-refractivity contribution in [2.45, 2.75) is 19.9 Å². The quantitative estimate of drug-likeness (QED) is 0.648. The molecule has 1 aromatic heterocycles. The number of hydrogen-bond acceptors (Lipinski definition) is 2.